The Kier molecular flexibility index (Phi) is 4.16. The highest BCUT2D eigenvalue weighted by Gasteiger charge is 2.18. The Morgan fingerprint density at radius 3 is 1.62 bits per heavy atom. The lowest BCUT2D eigenvalue weighted by Crippen LogP contribution is -2.06. The molecule has 0 nitrogen and oxygen atoms in total. The highest BCUT2D eigenvalue weighted by molar-refractivity contribution is 5.46. The van der Waals surface area contributed by atoms with Crippen molar-refractivity contribution in [2.24, 2.45) is 0 Å². The summed E-state index contributed by atoms with van der Waals surface area (Å²) in [6, 6.07) is 30.4. The molecule has 21 heavy (non-hydrogen) atoms. The van der Waals surface area contributed by atoms with E-state index in [2.05, 4.69) is 91.9 Å². The van der Waals surface area contributed by atoms with Crippen LogP contribution in [0.4, 0.5) is 0 Å². The van der Waals surface area contributed by atoms with Gasteiger partial charge in [0.2, 0.25) is 0 Å². The van der Waals surface area contributed by atoms with Crippen LogP contribution in [0.1, 0.15) is 35.1 Å². The van der Waals surface area contributed by atoms with Gasteiger partial charge in [0.05, 0.1) is 0 Å². The minimum Gasteiger partial charge on any atom is -0.0622 e. The molecule has 3 rings (SSSR count). The number of hydrogen-bond acceptors (Lipinski definition) is 0. The Morgan fingerprint density at radius 1 is 0.619 bits per heavy atom. The maximum Gasteiger partial charge on any atom is 0.0342 e. The van der Waals surface area contributed by atoms with Crippen molar-refractivity contribution in [2.75, 3.05) is 0 Å². The summed E-state index contributed by atoms with van der Waals surface area (Å²) < 4.78 is 0. The molecule has 0 atom stereocenters. The van der Waals surface area contributed by atoms with Gasteiger partial charge in [0.25, 0.3) is 0 Å². The summed E-state index contributed by atoms with van der Waals surface area (Å²) in [7, 11) is 0. The van der Waals surface area contributed by atoms with Crippen LogP contribution in [-0.2, 0) is 6.42 Å². The van der Waals surface area contributed by atoms with E-state index in [1.807, 2.05) is 0 Å². The third-order valence-corrected chi connectivity index (χ3v) is 4.01. The summed E-state index contributed by atoms with van der Waals surface area (Å²) in [5.74, 6) is 0.309. The molecule has 0 spiro atoms. The van der Waals surface area contributed by atoms with Gasteiger partial charge in [-0.1, -0.05) is 91.9 Å². The van der Waals surface area contributed by atoms with Gasteiger partial charge in [-0.15, -0.1) is 0 Å². The third kappa shape index (κ3) is 2.90. The van der Waals surface area contributed by atoms with Crippen molar-refractivity contribution in [3.8, 4) is 0 Å². The standard InChI is InChI=1S/C21H20/c1-2-17-11-9-10-16-20(17)21(18-12-5-3-6-13-18)19-14-7-4-8-15-19/h3-16,21H,2H2,1H3. The molecular weight excluding hydrogens is 252 g/mol. The van der Waals surface area contributed by atoms with E-state index in [9.17, 15) is 0 Å². The molecule has 0 aliphatic carbocycles. The smallest absolute Gasteiger partial charge is 0.0342 e. The number of aryl methyl sites for hydroxylation is 1. The van der Waals surface area contributed by atoms with Crippen molar-refractivity contribution in [2.45, 2.75) is 19.3 Å². The second-order valence-corrected chi connectivity index (χ2v) is 5.31. The normalized spacial score (nSPS) is 10.8. The predicted octanol–water partition coefficient (Wildman–Crippen LogP) is 5.43. The second-order valence-electron chi connectivity index (χ2n) is 5.31. The minimum atomic E-state index is 0.309. The summed E-state index contributed by atoms with van der Waals surface area (Å²) in [5.41, 5.74) is 5.54. The first-order valence-corrected chi connectivity index (χ1v) is 7.58. The monoisotopic (exact) mass is 272 g/mol. The van der Waals surface area contributed by atoms with Crippen molar-refractivity contribution in [3.63, 3.8) is 0 Å². The maximum atomic E-state index is 2.27. The van der Waals surface area contributed by atoms with Crippen LogP contribution in [0.5, 0.6) is 0 Å². The van der Waals surface area contributed by atoms with Gasteiger partial charge in [0, 0.05) is 5.92 Å². The SMILES string of the molecule is CCc1ccccc1C(c1ccccc1)c1ccccc1. The van der Waals surface area contributed by atoms with Gasteiger partial charge in [-0.3, -0.25) is 0 Å². The van der Waals surface area contributed by atoms with Crippen LogP contribution in [-0.4, -0.2) is 0 Å². The summed E-state index contributed by atoms with van der Waals surface area (Å²) >= 11 is 0. The summed E-state index contributed by atoms with van der Waals surface area (Å²) in [6.45, 7) is 2.23. The molecule has 3 aromatic rings. The van der Waals surface area contributed by atoms with Gasteiger partial charge in [-0.2, -0.15) is 0 Å². The highest BCUT2D eigenvalue weighted by Crippen LogP contribution is 2.33. The predicted molar refractivity (Wildman–Crippen MR) is 89.6 cm³/mol. The van der Waals surface area contributed by atoms with Gasteiger partial charge in [0.1, 0.15) is 0 Å². The Bertz CT molecular complexity index is 644. The van der Waals surface area contributed by atoms with E-state index in [0.29, 0.717) is 5.92 Å². The average molecular weight is 272 g/mol. The zero-order valence-corrected chi connectivity index (χ0v) is 12.4. The molecular formula is C21H20. The number of benzene rings is 3. The summed E-state index contributed by atoms with van der Waals surface area (Å²) in [4.78, 5) is 0. The summed E-state index contributed by atoms with van der Waals surface area (Å²) in [5, 5.41) is 0. The molecule has 0 saturated heterocycles. The van der Waals surface area contributed by atoms with Crippen LogP contribution in [0.3, 0.4) is 0 Å². The molecule has 0 fully saturated rings. The second kappa shape index (κ2) is 6.41. The lowest BCUT2D eigenvalue weighted by molar-refractivity contribution is 0.939. The molecule has 0 aliphatic heterocycles. The zero-order valence-electron chi connectivity index (χ0n) is 12.4. The van der Waals surface area contributed by atoms with Crippen molar-refractivity contribution >= 4 is 0 Å². The zero-order chi connectivity index (χ0) is 14.5. The fraction of sp³-hybridized carbons (Fsp3) is 0.143. The van der Waals surface area contributed by atoms with E-state index in [1.54, 1.807) is 0 Å². The Labute approximate surface area is 127 Å². The van der Waals surface area contributed by atoms with E-state index in [0.717, 1.165) is 6.42 Å². The van der Waals surface area contributed by atoms with Crippen LogP contribution in [0.2, 0.25) is 0 Å². The molecule has 0 bridgehead atoms. The first kappa shape index (κ1) is 13.6. The maximum absolute atomic E-state index is 2.27. The quantitative estimate of drug-likeness (QED) is 0.556. The topological polar surface area (TPSA) is 0 Å². The average Bonchev–Trinajstić information content (AvgIpc) is 2.58. The molecule has 3 aromatic carbocycles. The fourth-order valence-corrected chi connectivity index (χ4v) is 2.98. The molecule has 0 saturated carbocycles. The molecule has 0 aliphatic rings. The first-order valence-electron chi connectivity index (χ1n) is 7.58. The van der Waals surface area contributed by atoms with E-state index < -0.39 is 0 Å². The Balaban J connectivity index is 2.17. The molecule has 0 radical (unpaired) electrons. The van der Waals surface area contributed by atoms with E-state index in [-0.39, 0.29) is 0 Å². The molecule has 0 aromatic heterocycles. The van der Waals surface area contributed by atoms with Crippen LogP contribution in [0.25, 0.3) is 0 Å². The van der Waals surface area contributed by atoms with Crippen molar-refractivity contribution in [3.05, 3.63) is 107 Å². The van der Waals surface area contributed by atoms with Crippen molar-refractivity contribution in [1.82, 2.24) is 0 Å². The molecule has 0 N–H and O–H groups in total. The lowest BCUT2D eigenvalue weighted by Gasteiger charge is -2.21. The highest BCUT2D eigenvalue weighted by atomic mass is 14.2. The Hall–Kier alpha value is -2.34. The molecule has 0 amide bonds. The van der Waals surface area contributed by atoms with E-state index in [1.165, 1.54) is 22.3 Å². The molecule has 0 heteroatoms. The lowest BCUT2D eigenvalue weighted by atomic mass is 9.82. The van der Waals surface area contributed by atoms with Crippen LogP contribution >= 0.6 is 0 Å². The third-order valence-electron chi connectivity index (χ3n) is 4.01. The van der Waals surface area contributed by atoms with E-state index >= 15 is 0 Å². The molecule has 0 unspecified atom stereocenters. The van der Waals surface area contributed by atoms with Gasteiger partial charge < -0.3 is 0 Å². The van der Waals surface area contributed by atoms with Crippen LogP contribution in [0, 0.1) is 0 Å². The van der Waals surface area contributed by atoms with Crippen molar-refractivity contribution < 1.29 is 0 Å². The van der Waals surface area contributed by atoms with Gasteiger partial charge in [0.15, 0.2) is 0 Å². The van der Waals surface area contributed by atoms with Gasteiger partial charge in [-0.25, -0.2) is 0 Å². The van der Waals surface area contributed by atoms with Gasteiger partial charge in [-0.05, 0) is 28.7 Å². The number of rotatable bonds is 4. The Morgan fingerprint density at radius 2 is 1.10 bits per heavy atom. The minimum absolute atomic E-state index is 0.309. The van der Waals surface area contributed by atoms with E-state index in [4.69, 9.17) is 0 Å². The molecule has 0 heterocycles. The fourth-order valence-electron chi connectivity index (χ4n) is 2.98. The largest absolute Gasteiger partial charge is 0.0622 e. The first-order chi connectivity index (χ1) is 10.4. The van der Waals surface area contributed by atoms with Crippen LogP contribution < -0.4 is 0 Å². The molecule has 104 valence electrons. The summed E-state index contributed by atoms with van der Waals surface area (Å²) in [6.07, 6.45) is 1.06. The van der Waals surface area contributed by atoms with Crippen molar-refractivity contribution in [1.29, 1.82) is 0 Å². The number of hydrogen-bond donors (Lipinski definition) is 0. The van der Waals surface area contributed by atoms with Crippen LogP contribution in [0.15, 0.2) is 84.9 Å². The van der Waals surface area contributed by atoms with Gasteiger partial charge >= 0.3 is 0 Å².